The first-order chi connectivity index (χ1) is 9.69. The molecule has 3 nitrogen and oxygen atoms in total. The van der Waals surface area contributed by atoms with Gasteiger partial charge in [0.1, 0.15) is 0 Å². The minimum atomic E-state index is 0.0501. The molecule has 106 valence electrons. The van der Waals surface area contributed by atoms with Gasteiger partial charge in [-0.15, -0.1) is 0 Å². The van der Waals surface area contributed by atoms with E-state index in [0.29, 0.717) is 28.5 Å². The van der Waals surface area contributed by atoms with Crippen LogP contribution in [-0.4, -0.2) is 36.5 Å². The Bertz CT molecular complexity index is 500. The third-order valence-electron chi connectivity index (χ3n) is 5.19. The SMILES string of the molecule is O=C(NC1C2CC3CC1CN(C3)C2)c1ccc(Cl)cc1. The molecule has 1 aromatic rings. The van der Waals surface area contributed by atoms with Gasteiger partial charge < -0.3 is 10.2 Å². The van der Waals surface area contributed by atoms with Crippen LogP contribution in [0.4, 0.5) is 0 Å². The summed E-state index contributed by atoms with van der Waals surface area (Å²) < 4.78 is 0. The predicted octanol–water partition coefficient (Wildman–Crippen LogP) is 2.41. The highest BCUT2D eigenvalue weighted by atomic mass is 35.5. The minimum absolute atomic E-state index is 0.0501. The topological polar surface area (TPSA) is 32.3 Å². The van der Waals surface area contributed by atoms with Crippen molar-refractivity contribution >= 4 is 17.5 Å². The highest BCUT2D eigenvalue weighted by Crippen LogP contribution is 2.43. The van der Waals surface area contributed by atoms with Crippen molar-refractivity contribution in [2.45, 2.75) is 18.9 Å². The molecule has 3 heterocycles. The highest BCUT2D eigenvalue weighted by Gasteiger charge is 2.47. The van der Waals surface area contributed by atoms with Crippen molar-refractivity contribution in [2.75, 3.05) is 19.6 Å². The monoisotopic (exact) mass is 290 g/mol. The van der Waals surface area contributed by atoms with Crippen molar-refractivity contribution in [3.05, 3.63) is 34.9 Å². The Kier molecular flexibility index (Phi) is 3.00. The van der Waals surface area contributed by atoms with E-state index in [2.05, 4.69) is 10.2 Å². The van der Waals surface area contributed by atoms with Crippen molar-refractivity contribution in [3.63, 3.8) is 0 Å². The van der Waals surface area contributed by atoms with Crippen LogP contribution in [0.3, 0.4) is 0 Å². The number of carbonyl (C=O) groups excluding carboxylic acids is 1. The van der Waals surface area contributed by atoms with E-state index in [1.807, 2.05) is 0 Å². The van der Waals surface area contributed by atoms with E-state index in [1.54, 1.807) is 24.3 Å². The summed E-state index contributed by atoms with van der Waals surface area (Å²) in [5.74, 6) is 2.22. The number of halogens is 1. The number of benzene rings is 1. The number of rotatable bonds is 2. The molecular weight excluding hydrogens is 272 g/mol. The van der Waals surface area contributed by atoms with Gasteiger partial charge in [-0.1, -0.05) is 11.6 Å². The Morgan fingerprint density at radius 1 is 1.10 bits per heavy atom. The lowest BCUT2D eigenvalue weighted by Gasteiger charge is -2.55. The van der Waals surface area contributed by atoms with Crippen molar-refractivity contribution in [2.24, 2.45) is 17.8 Å². The number of amides is 1. The normalized spacial score (nSPS) is 38.0. The van der Waals surface area contributed by atoms with Crippen molar-refractivity contribution in [1.29, 1.82) is 0 Å². The number of nitrogens with one attached hydrogen (secondary N) is 1. The maximum Gasteiger partial charge on any atom is 0.251 e. The molecule has 4 heteroatoms. The number of carbonyl (C=O) groups is 1. The molecule has 1 saturated carbocycles. The Labute approximate surface area is 124 Å². The smallest absolute Gasteiger partial charge is 0.251 e. The first-order valence-corrected chi connectivity index (χ1v) is 7.85. The quantitative estimate of drug-likeness (QED) is 0.907. The molecule has 4 aliphatic rings. The van der Waals surface area contributed by atoms with Gasteiger partial charge in [-0.2, -0.15) is 0 Å². The molecule has 3 aliphatic heterocycles. The lowest BCUT2D eigenvalue weighted by atomic mass is 9.65. The van der Waals surface area contributed by atoms with Crippen molar-refractivity contribution < 1.29 is 4.79 Å². The van der Waals surface area contributed by atoms with Crippen LogP contribution in [0.2, 0.25) is 5.02 Å². The van der Waals surface area contributed by atoms with E-state index >= 15 is 0 Å². The molecule has 20 heavy (non-hydrogen) atoms. The third-order valence-corrected chi connectivity index (χ3v) is 5.45. The number of nitrogens with zero attached hydrogens (tertiary/aromatic N) is 1. The zero-order valence-electron chi connectivity index (χ0n) is 11.4. The maximum absolute atomic E-state index is 12.4. The predicted molar refractivity (Wildman–Crippen MR) is 78.9 cm³/mol. The summed E-state index contributed by atoms with van der Waals surface area (Å²) in [5, 5.41) is 3.96. The zero-order chi connectivity index (χ0) is 13.7. The summed E-state index contributed by atoms with van der Waals surface area (Å²) in [6.07, 6.45) is 2.58. The van der Waals surface area contributed by atoms with Gasteiger partial charge in [0.2, 0.25) is 0 Å². The van der Waals surface area contributed by atoms with Crippen LogP contribution < -0.4 is 5.32 Å². The first kappa shape index (κ1) is 12.7. The van der Waals surface area contributed by atoms with E-state index in [9.17, 15) is 4.79 Å². The molecule has 2 unspecified atom stereocenters. The largest absolute Gasteiger partial charge is 0.349 e. The molecular formula is C16H19ClN2O. The van der Waals surface area contributed by atoms with E-state index in [0.717, 1.165) is 5.92 Å². The van der Waals surface area contributed by atoms with Gasteiger partial charge in [0.25, 0.3) is 5.91 Å². The lowest BCUT2D eigenvalue weighted by Crippen LogP contribution is -2.64. The second kappa shape index (κ2) is 4.74. The zero-order valence-corrected chi connectivity index (χ0v) is 12.1. The number of hydrogen-bond donors (Lipinski definition) is 1. The van der Waals surface area contributed by atoms with Crippen LogP contribution in [0, 0.1) is 17.8 Å². The summed E-state index contributed by atoms with van der Waals surface area (Å²) in [5.41, 5.74) is 0.712. The molecule has 0 spiro atoms. The summed E-state index contributed by atoms with van der Waals surface area (Å²) in [7, 11) is 0. The number of hydrogen-bond acceptors (Lipinski definition) is 2. The van der Waals surface area contributed by atoms with Crippen LogP contribution in [-0.2, 0) is 0 Å². The maximum atomic E-state index is 12.4. The molecule has 1 aliphatic carbocycles. The highest BCUT2D eigenvalue weighted by molar-refractivity contribution is 6.30. The molecule has 5 rings (SSSR count). The molecule has 1 aromatic carbocycles. The molecule has 4 bridgehead atoms. The Hall–Kier alpha value is -1.06. The van der Waals surface area contributed by atoms with E-state index in [-0.39, 0.29) is 5.91 Å². The molecule has 0 aromatic heterocycles. The van der Waals surface area contributed by atoms with E-state index in [1.165, 1.54) is 32.5 Å². The van der Waals surface area contributed by atoms with Gasteiger partial charge in [0.05, 0.1) is 0 Å². The second-order valence-corrected chi connectivity index (χ2v) is 7.02. The minimum Gasteiger partial charge on any atom is -0.349 e. The Balaban J connectivity index is 1.49. The second-order valence-electron chi connectivity index (χ2n) is 6.58. The first-order valence-electron chi connectivity index (χ1n) is 7.48. The van der Waals surface area contributed by atoms with E-state index in [4.69, 9.17) is 11.6 Å². The van der Waals surface area contributed by atoms with Crippen LogP contribution in [0.25, 0.3) is 0 Å². The molecule has 0 radical (unpaired) electrons. The molecule has 2 atom stereocenters. The van der Waals surface area contributed by atoms with Gasteiger partial charge in [0.15, 0.2) is 0 Å². The average molecular weight is 291 g/mol. The van der Waals surface area contributed by atoms with Crippen molar-refractivity contribution in [3.8, 4) is 0 Å². The molecule has 4 fully saturated rings. The standard InChI is InChI=1S/C16H19ClN2O/c17-14-3-1-11(2-4-14)16(20)18-15-12-5-10-6-13(15)9-19(7-10)8-12/h1-4,10,12-13,15H,5-9H2,(H,18,20). The Morgan fingerprint density at radius 2 is 1.75 bits per heavy atom. The van der Waals surface area contributed by atoms with Crippen LogP contribution in [0.15, 0.2) is 24.3 Å². The molecule has 3 saturated heterocycles. The van der Waals surface area contributed by atoms with Gasteiger partial charge in [-0.05, 0) is 54.9 Å². The van der Waals surface area contributed by atoms with Gasteiger partial charge in [-0.25, -0.2) is 0 Å². The van der Waals surface area contributed by atoms with Gasteiger partial charge in [0, 0.05) is 36.3 Å². The summed E-state index contributed by atoms with van der Waals surface area (Å²) in [4.78, 5) is 15.0. The van der Waals surface area contributed by atoms with Crippen LogP contribution >= 0.6 is 11.6 Å². The van der Waals surface area contributed by atoms with Gasteiger partial charge in [-0.3, -0.25) is 4.79 Å². The van der Waals surface area contributed by atoms with Crippen LogP contribution in [0.5, 0.6) is 0 Å². The average Bonchev–Trinajstić information content (AvgIpc) is 2.42. The Morgan fingerprint density at radius 3 is 2.35 bits per heavy atom. The molecule has 1 amide bonds. The third kappa shape index (κ3) is 2.13. The fourth-order valence-corrected chi connectivity index (χ4v) is 4.61. The fourth-order valence-electron chi connectivity index (χ4n) is 4.48. The summed E-state index contributed by atoms with van der Waals surface area (Å²) in [6.45, 7) is 3.61. The molecule has 1 N–H and O–H groups in total. The van der Waals surface area contributed by atoms with Crippen molar-refractivity contribution in [1.82, 2.24) is 10.2 Å². The summed E-state index contributed by atoms with van der Waals surface area (Å²) in [6, 6.07) is 7.53. The van der Waals surface area contributed by atoms with Crippen LogP contribution in [0.1, 0.15) is 23.2 Å². The number of piperidine rings is 3. The summed E-state index contributed by atoms with van der Waals surface area (Å²) >= 11 is 5.87. The van der Waals surface area contributed by atoms with E-state index < -0.39 is 0 Å². The van der Waals surface area contributed by atoms with Gasteiger partial charge >= 0.3 is 0 Å². The lowest BCUT2D eigenvalue weighted by molar-refractivity contribution is -0.0418. The fraction of sp³-hybridized carbons (Fsp3) is 0.562.